The Hall–Kier alpha value is -2.60. The Morgan fingerprint density at radius 1 is 1.29 bits per heavy atom. The molecule has 1 aromatic carbocycles. The van der Waals surface area contributed by atoms with Crippen molar-refractivity contribution >= 4 is 33.0 Å². The van der Waals surface area contributed by atoms with Crippen molar-refractivity contribution < 1.29 is 14.3 Å². The zero-order valence-electron chi connectivity index (χ0n) is 16.4. The minimum absolute atomic E-state index is 0.166. The highest BCUT2D eigenvalue weighted by Gasteiger charge is 2.25. The maximum Gasteiger partial charge on any atom is 0.209 e. The average Bonchev–Trinajstić information content (AvgIpc) is 3.06. The van der Waals surface area contributed by atoms with Gasteiger partial charge in [0.25, 0.3) is 0 Å². The van der Waals surface area contributed by atoms with Gasteiger partial charge in [0.15, 0.2) is 0 Å². The molecule has 4 rings (SSSR count). The fourth-order valence-corrected chi connectivity index (χ4v) is 4.95. The van der Waals surface area contributed by atoms with E-state index in [1.165, 1.54) is 29.7 Å². The van der Waals surface area contributed by atoms with Crippen molar-refractivity contribution in [3.05, 3.63) is 46.0 Å². The van der Waals surface area contributed by atoms with Crippen molar-refractivity contribution in [3.8, 4) is 11.5 Å². The number of thiophene rings is 1. The maximum absolute atomic E-state index is 13.3. The Kier molecular flexibility index (Phi) is 4.98. The highest BCUT2D eigenvalue weighted by molar-refractivity contribution is 7.21. The molecule has 1 aliphatic rings. The average molecular weight is 397 g/mol. The number of pyridine rings is 1. The Morgan fingerprint density at radius 2 is 2.11 bits per heavy atom. The molecule has 1 aliphatic carbocycles. The maximum atomic E-state index is 13.3. The summed E-state index contributed by atoms with van der Waals surface area (Å²) in [6.45, 7) is 2.23. The van der Waals surface area contributed by atoms with Crippen LogP contribution in [0.2, 0.25) is 0 Å². The second-order valence-electron chi connectivity index (χ2n) is 7.20. The fourth-order valence-electron chi connectivity index (χ4n) is 3.90. The largest absolute Gasteiger partial charge is 0.497 e. The van der Waals surface area contributed by atoms with Gasteiger partial charge in [0, 0.05) is 11.1 Å². The van der Waals surface area contributed by atoms with Crippen LogP contribution in [0, 0.1) is 5.92 Å². The van der Waals surface area contributed by atoms with Gasteiger partial charge in [0.2, 0.25) is 5.78 Å². The van der Waals surface area contributed by atoms with Crippen LogP contribution in [0.1, 0.15) is 46.3 Å². The zero-order valence-corrected chi connectivity index (χ0v) is 17.2. The van der Waals surface area contributed by atoms with Crippen molar-refractivity contribution in [2.24, 2.45) is 5.92 Å². The Labute approximate surface area is 168 Å². The number of hydrogen-bond acceptors (Lipinski definition) is 6. The second-order valence-corrected chi connectivity index (χ2v) is 8.20. The van der Waals surface area contributed by atoms with E-state index in [1.807, 2.05) is 0 Å². The first-order chi connectivity index (χ1) is 13.5. The molecule has 0 fully saturated rings. The lowest BCUT2D eigenvalue weighted by Gasteiger charge is -2.22. The van der Waals surface area contributed by atoms with Gasteiger partial charge >= 0.3 is 0 Å². The first-order valence-electron chi connectivity index (χ1n) is 9.53. The molecule has 0 radical (unpaired) electrons. The van der Waals surface area contributed by atoms with Crippen LogP contribution in [-0.2, 0) is 12.8 Å². The minimum atomic E-state index is -0.166. The van der Waals surface area contributed by atoms with Crippen LogP contribution in [0.3, 0.4) is 0 Å². The van der Waals surface area contributed by atoms with E-state index in [0.29, 0.717) is 33.5 Å². The summed E-state index contributed by atoms with van der Waals surface area (Å²) in [6.07, 6.45) is 4.39. The van der Waals surface area contributed by atoms with Crippen molar-refractivity contribution in [1.82, 2.24) is 4.98 Å². The summed E-state index contributed by atoms with van der Waals surface area (Å²) in [5.74, 6) is 1.64. The van der Waals surface area contributed by atoms with Gasteiger partial charge in [-0.3, -0.25) is 4.79 Å². The van der Waals surface area contributed by atoms with Crippen LogP contribution >= 0.6 is 11.3 Å². The van der Waals surface area contributed by atoms with Crippen molar-refractivity contribution in [2.45, 2.75) is 32.6 Å². The number of benzene rings is 1. The number of methoxy groups -OCH3 is 2. The van der Waals surface area contributed by atoms with E-state index < -0.39 is 0 Å². The normalized spacial score (nSPS) is 16.0. The molecule has 2 N–H and O–H groups in total. The number of rotatable bonds is 5. The molecule has 0 aliphatic heterocycles. The summed E-state index contributed by atoms with van der Waals surface area (Å²) in [5, 5.41) is 0.880. The Balaban J connectivity index is 1.80. The van der Waals surface area contributed by atoms with Crippen molar-refractivity contribution in [2.75, 3.05) is 20.0 Å². The van der Waals surface area contributed by atoms with Crippen molar-refractivity contribution in [3.63, 3.8) is 0 Å². The minimum Gasteiger partial charge on any atom is -0.497 e. The number of nitrogens with two attached hydrogens (primary N) is 1. The summed E-state index contributed by atoms with van der Waals surface area (Å²) in [5.41, 5.74) is 9.78. The highest BCUT2D eigenvalue weighted by Crippen LogP contribution is 2.39. The van der Waals surface area contributed by atoms with Crippen LogP contribution in [0.4, 0.5) is 5.69 Å². The van der Waals surface area contributed by atoms with Crippen LogP contribution in [-0.4, -0.2) is 25.0 Å². The van der Waals surface area contributed by atoms with Crippen LogP contribution < -0.4 is 15.2 Å². The number of nitrogen functional groups attached to an aromatic ring is 1. The van der Waals surface area contributed by atoms with Crippen molar-refractivity contribution in [1.29, 1.82) is 0 Å². The smallest absolute Gasteiger partial charge is 0.209 e. The van der Waals surface area contributed by atoms with Gasteiger partial charge < -0.3 is 15.2 Å². The van der Waals surface area contributed by atoms with E-state index in [0.717, 1.165) is 28.8 Å². The van der Waals surface area contributed by atoms with Gasteiger partial charge in [-0.15, -0.1) is 11.3 Å². The number of fused-ring (bicyclic) bond motifs is 2. The highest BCUT2D eigenvalue weighted by atomic mass is 32.1. The molecule has 0 bridgehead atoms. The van der Waals surface area contributed by atoms with Gasteiger partial charge in [-0.25, -0.2) is 4.98 Å². The number of hydrogen-bond donors (Lipinski definition) is 1. The predicted octanol–water partition coefficient (Wildman–Crippen LogP) is 4.64. The molecule has 3 aromatic rings. The molecular formula is C22H24N2O3S. The molecule has 1 unspecified atom stereocenters. The van der Waals surface area contributed by atoms with Gasteiger partial charge in [-0.2, -0.15) is 0 Å². The lowest BCUT2D eigenvalue weighted by molar-refractivity contribution is 0.104. The summed E-state index contributed by atoms with van der Waals surface area (Å²) in [4.78, 5) is 19.5. The summed E-state index contributed by atoms with van der Waals surface area (Å²) >= 11 is 1.36. The predicted molar refractivity (Wildman–Crippen MR) is 113 cm³/mol. The second kappa shape index (κ2) is 7.43. The molecule has 6 heteroatoms. The van der Waals surface area contributed by atoms with Crippen LogP contribution in [0.15, 0.2) is 24.3 Å². The third kappa shape index (κ3) is 3.11. The van der Waals surface area contributed by atoms with E-state index in [4.69, 9.17) is 20.2 Å². The molecule has 5 nitrogen and oxygen atoms in total. The van der Waals surface area contributed by atoms with Gasteiger partial charge in [-0.05, 0) is 55.0 Å². The van der Waals surface area contributed by atoms with E-state index >= 15 is 0 Å². The van der Waals surface area contributed by atoms with E-state index in [9.17, 15) is 4.79 Å². The van der Waals surface area contributed by atoms with Crippen LogP contribution in [0.25, 0.3) is 10.2 Å². The Bertz CT molecular complexity index is 1060. The number of aryl methyl sites for hydroxylation is 1. The summed E-state index contributed by atoms with van der Waals surface area (Å²) in [7, 11) is 3.12. The number of carbonyl (C=O) groups is 1. The molecule has 0 saturated carbocycles. The quantitative estimate of drug-likeness (QED) is 0.636. The van der Waals surface area contributed by atoms with Crippen LogP contribution in [0.5, 0.6) is 11.5 Å². The molecule has 28 heavy (non-hydrogen) atoms. The number of anilines is 1. The lowest BCUT2D eigenvalue weighted by Crippen LogP contribution is -2.14. The van der Waals surface area contributed by atoms with E-state index in [2.05, 4.69) is 13.0 Å². The number of aromatic nitrogens is 1. The topological polar surface area (TPSA) is 74.4 Å². The molecule has 2 aromatic heterocycles. The first-order valence-corrected chi connectivity index (χ1v) is 10.3. The number of ketones is 1. The van der Waals surface area contributed by atoms with Gasteiger partial charge in [0.05, 0.1) is 25.5 Å². The summed E-state index contributed by atoms with van der Waals surface area (Å²) < 4.78 is 10.6. The molecule has 1 atom stereocenters. The lowest BCUT2D eigenvalue weighted by atomic mass is 9.85. The summed E-state index contributed by atoms with van der Waals surface area (Å²) in [6, 6.07) is 7.33. The van der Waals surface area contributed by atoms with Gasteiger partial charge in [-0.1, -0.05) is 13.3 Å². The molecule has 0 saturated heterocycles. The molecule has 0 spiro atoms. The molecule has 0 amide bonds. The standard InChI is InChI=1S/C22H24N2O3S/c1-4-12-5-7-17-13(9-12)10-16-19(23)21(28-22(16)24-17)20(25)15-11-14(26-2)6-8-18(15)27-3/h6,8,10-12H,4-5,7,9,23H2,1-3H3. The first kappa shape index (κ1) is 18.7. The van der Waals surface area contributed by atoms with E-state index in [-0.39, 0.29) is 5.78 Å². The number of nitrogens with zero attached hydrogens (tertiary/aromatic N) is 1. The SMILES string of the molecule is CCC1CCc2nc3sc(C(=O)c4cc(OC)ccc4OC)c(N)c3cc2C1. The number of carbonyl (C=O) groups excluding carboxylic acids is 1. The monoisotopic (exact) mass is 396 g/mol. The molecular weight excluding hydrogens is 372 g/mol. The third-order valence-electron chi connectivity index (χ3n) is 5.62. The Morgan fingerprint density at radius 3 is 2.82 bits per heavy atom. The number of ether oxygens (including phenoxy) is 2. The molecule has 146 valence electrons. The van der Waals surface area contributed by atoms with Gasteiger partial charge in [0.1, 0.15) is 21.2 Å². The zero-order chi connectivity index (χ0) is 19.8. The fraction of sp³-hybridized carbons (Fsp3) is 0.364. The molecule has 2 heterocycles. The third-order valence-corrected chi connectivity index (χ3v) is 6.74. The van der Waals surface area contributed by atoms with E-state index in [1.54, 1.807) is 32.4 Å².